The van der Waals surface area contributed by atoms with Crippen molar-refractivity contribution in [2.24, 2.45) is 5.50 Å². The summed E-state index contributed by atoms with van der Waals surface area (Å²) in [7, 11) is -1.16. The van der Waals surface area contributed by atoms with Gasteiger partial charge in [0, 0.05) is 0 Å². The maximum atomic E-state index is 5.50. The third-order valence-electron chi connectivity index (χ3n) is 3.02. The first-order valence-corrected chi connectivity index (χ1v) is 9.68. The normalized spacial score (nSPS) is 10.8. The lowest BCUT2D eigenvalue weighted by Crippen LogP contribution is -2.08. The molecule has 4 heteroatoms. The van der Waals surface area contributed by atoms with Crippen LogP contribution in [0.15, 0.2) is 60.7 Å². The molecule has 24 heavy (non-hydrogen) atoms. The molecule has 2 N–H and O–H groups in total. The van der Waals surface area contributed by atoms with E-state index >= 15 is 0 Å². The molecule has 0 fully saturated rings. The van der Waals surface area contributed by atoms with Crippen LogP contribution in [0.4, 0.5) is 0 Å². The van der Waals surface area contributed by atoms with Gasteiger partial charge in [-0.05, 0) is 51.7 Å². The molecule has 2 rings (SSSR count). The molecule has 2 aromatic carbocycles. The van der Waals surface area contributed by atoms with Crippen LogP contribution in [0.25, 0.3) is 0 Å². The molecule has 0 aliphatic carbocycles. The lowest BCUT2D eigenvalue weighted by Gasteiger charge is -2.16. The van der Waals surface area contributed by atoms with Gasteiger partial charge in [-0.3, -0.25) is 5.50 Å². The van der Waals surface area contributed by atoms with Crippen molar-refractivity contribution in [3.8, 4) is 0 Å². The van der Waals surface area contributed by atoms with E-state index in [0.717, 1.165) is 12.8 Å². The Bertz CT molecular complexity index is 482. The van der Waals surface area contributed by atoms with E-state index in [2.05, 4.69) is 60.7 Å². The minimum Gasteiger partial charge on any atom is -0.319 e. The van der Waals surface area contributed by atoms with E-state index in [1.54, 1.807) is 0 Å². The third kappa shape index (κ3) is 10.5. The van der Waals surface area contributed by atoms with Crippen molar-refractivity contribution in [2.45, 2.75) is 52.7 Å². The molecule has 0 saturated carbocycles. The molecule has 0 aromatic heterocycles. The fraction of sp³-hybridized carbons (Fsp3) is 0.400. The van der Waals surface area contributed by atoms with Gasteiger partial charge in [-0.2, -0.15) is 0 Å². The van der Waals surface area contributed by atoms with Gasteiger partial charge in [0.1, 0.15) is 0 Å². The Morgan fingerprint density at radius 2 is 1.04 bits per heavy atom. The zero-order valence-corrected chi connectivity index (χ0v) is 16.1. The Hall–Kier alpha value is -1.25. The van der Waals surface area contributed by atoms with Crippen molar-refractivity contribution in [1.29, 1.82) is 0 Å². The Morgan fingerprint density at radius 3 is 1.33 bits per heavy atom. The molecule has 0 aliphatic rings. The average molecular weight is 347 g/mol. The van der Waals surface area contributed by atoms with Gasteiger partial charge in [0.15, 0.2) is 0 Å². The van der Waals surface area contributed by atoms with E-state index in [9.17, 15) is 0 Å². The summed E-state index contributed by atoms with van der Waals surface area (Å²) >= 11 is 0. The molecule has 0 radical (unpaired) electrons. The summed E-state index contributed by atoms with van der Waals surface area (Å²) in [5.41, 5.74) is 8.32. The number of aryl methyl sites for hydroxylation is 2. The lowest BCUT2D eigenvalue weighted by molar-refractivity contribution is 0.177. The molecule has 0 bridgehead atoms. The molecular formula is C20H30NO2P. The summed E-state index contributed by atoms with van der Waals surface area (Å²) in [6.07, 6.45) is 2.56. The minimum atomic E-state index is -1.16. The highest BCUT2D eigenvalue weighted by Gasteiger charge is 2.07. The van der Waals surface area contributed by atoms with Gasteiger partial charge in [0.25, 0.3) is 8.53 Å². The SMILES string of the molecule is CC(C)OP(N)OC(C)C.c1ccc(CCc2ccccc2)cc1. The van der Waals surface area contributed by atoms with E-state index in [-0.39, 0.29) is 12.2 Å². The van der Waals surface area contributed by atoms with Crippen LogP contribution in [0.2, 0.25) is 0 Å². The highest BCUT2D eigenvalue weighted by Crippen LogP contribution is 2.31. The Balaban J connectivity index is 0.000000257. The molecule has 0 aliphatic heterocycles. The van der Waals surface area contributed by atoms with Gasteiger partial charge < -0.3 is 9.05 Å². The van der Waals surface area contributed by atoms with Crippen LogP contribution >= 0.6 is 8.53 Å². The average Bonchev–Trinajstić information content (AvgIpc) is 2.54. The maximum absolute atomic E-state index is 5.50. The number of nitrogens with two attached hydrogens (primary N) is 1. The highest BCUT2D eigenvalue weighted by atomic mass is 31.2. The Kier molecular flexibility index (Phi) is 10.5. The van der Waals surface area contributed by atoms with Crippen molar-refractivity contribution in [3.63, 3.8) is 0 Å². The predicted octanol–water partition coefficient (Wildman–Crippen LogP) is 5.49. The topological polar surface area (TPSA) is 44.5 Å². The Labute approximate surface area is 148 Å². The third-order valence-corrected chi connectivity index (χ3v) is 4.28. The summed E-state index contributed by atoms with van der Waals surface area (Å²) in [4.78, 5) is 0. The van der Waals surface area contributed by atoms with Gasteiger partial charge in [-0.25, -0.2) is 0 Å². The quantitative estimate of drug-likeness (QED) is 0.673. The molecule has 0 atom stereocenters. The maximum Gasteiger partial charge on any atom is 0.253 e. The van der Waals surface area contributed by atoms with Gasteiger partial charge in [-0.1, -0.05) is 60.7 Å². The fourth-order valence-electron chi connectivity index (χ4n) is 2.02. The zero-order valence-electron chi connectivity index (χ0n) is 15.2. The van der Waals surface area contributed by atoms with Crippen LogP contribution in [-0.4, -0.2) is 12.2 Å². The van der Waals surface area contributed by atoms with Gasteiger partial charge in [0.2, 0.25) is 0 Å². The van der Waals surface area contributed by atoms with Crippen molar-refractivity contribution >= 4 is 8.53 Å². The molecule has 0 amide bonds. The van der Waals surface area contributed by atoms with Crippen molar-refractivity contribution in [1.82, 2.24) is 0 Å². The van der Waals surface area contributed by atoms with Crippen molar-refractivity contribution in [3.05, 3.63) is 71.8 Å². The van der Waals surface area contributed by atoms with E-state index in [1.807, 2.05) is 27.7 Å². The van der Waals surface area contributed by atoms with Crippen LogP contribution in [0, 0.1) is 0 Å². The second-order valence-corrected chi connectivity index (χ2v) is 7.06. The van der Waals surface area contributed by atoms with E-state index in [0.29, 0.717) is 0 Å². The second-order valence-electron chi connectivity index (χ2n) is 6.06. The van der Waals surface area contributed by atoms with E-state index in [4.69, 9.17) is 14.6 Å². The molecule has 3 nitrogen and oxygen atoms in total. The number of benzene rings is 2. The first-order valence-electron chi connectivity index (χ1n) is 8.43. The lowest BCUT2D eigenvalue weighted by atomic mass is 10.0. The number of hydrogen-bond acceptors (Lipinski definition) is 3. The van der Waals surface area contributed by atoms with Crippen LogP contribution < -0.4 is 5.50 Å². The van der Waals surface area contributed by atoms with Gasteiger partial charge in [-0.15, -0.1) is 0 Å². The molecule has 0 unspecified atom stereocenters. The monoisotopic (exact) mass is 347 g/mol. The van der Waals surface area contributed by atoms with Crippen LogP contribution in [-0.2, 0) is 21.9 Å². The van der Waals surface area contributed by atoms with Crippen LogP contribution in [0.1, 0.15) is 38.8 Å². The summed E-state index contributed by atoms with van der Waals surface area (Å²) in [5.74, 6) is 0. The van der Waals surface area contributed by atoms with Crippen LogP contribution in [0.5, 0.6) is 0 Å². The first kappa shape index (κ1) is 20.8. The smallest absolute Gasteiger partial charge is 0.253 e. The predicted molar refractivity (Wildman–Crippen MR) is 104 cm³/mol. The first-order chi connectivity index (χ1) is 11.5. The summed E-state index contributed by atoms with van der Waals surface area (Å²) in [6.45, 7) is 7.75. The number of hydrogen-bond donors (Lipinski definition) is 1. The number of rotatable bonds is 7. The van der Waals surface area contributed by atoms with Gasteiger partial charge in [0.05, 0.1) is 12.2 Å². The second kappa shape index (κ2) is 12.2. The molecular weight excluding hydrogens is 317 g/mol. The van der Waals surface area contributed by atoms with E-state index < -0.39 is 8.53 Å². The van der Waals surface area contributed by atoms with Crippen molar-refractivity contribution < 1.29 is 9.05 Å². The molecule has 2 aromatic rings. The Morgan fingerprint density at radius 1 is 0.708 bits per heavy atom. The zero-order chi connectivity index (χ0) is 17.8. The largest absolute Gasteiger partial charge is 0.319 e. The molecule has 132 valence electrons. The van der Waals surface area contributed by atoms with Crippen molar-refractivity contribution in [2.75, 3.05) is 0 Å². The van der Waals surface area contributed by atoms with E-state index in [1.165, 1.54) is 11.1 Å². The van der Waals surface area contributed by atoms with Crippen LogP contribution in [0.3, 0.4) is 0 Å². The fourth-order valence-corrected chi connectivity index (χ4v) is 2.90. The molecule has 0 saturated heterocycles. The molecule has 0 spiro atoms. The standard InChI is InChI=1S/C14H14.C6H16NO2P/c1-3-7-13(8-4-1)11-12-14-9-5-2-6-10-14;1-5(2)8-10(7)9-6(3)4/h1-10H,11-12H2;5-6H,7H2,1-4H3. The summed E-state index contributed by atoms with van der Waals surface area (Å²) in [5, 5.41) is 0. The summed E-state index contributed by atoms with van der Waals surface area (Å²) in [6, 6.07) is 21.2. The summed E-state index contributed by atoms with van der Waals surface area (Å²) < 4.78 is 10.4. The molecule has 0 heterocycles. The van der Waals surface area contributed by atoms with Gasteiger partial charge >= 0.3 is 0 Å². The minimum absolute atomic E-state index is 0.148. The highest BCUT2D eigenvalue weighted by molar-refractivity contribution is 7.44.